The van der Waals surface area contributed by atoms with Gasteiger partial charge in [-0.05, 0) is 31.7 Å². The molecule has 0 spiro atoms. The molecule has 0 fully saturated rings. The van der Waals surface area contributed by atoms with E-state index < -0.39 is 11.6 Å². The second-order valence-corrected chi connectivity index (χ2v) is 5.12. The first-order valence-electron chi connectivity index (χ1n) is 6.63. The zero-order valence-electron chi connectivity index (χ0n) is 12.3. The second-order valence-electron chi connectivity index (χ2n) is 4.13. The van der Waals surface area contributed by atoms with E-state index in [2.05, 4.69) is 15.6 Å². The third kappa shape index (κ3) is 7.85. The summed E-state index contributed by atoms with van der Waals surface area (Å²) in [5.74, 6) is 0.615. The summed E-state index contributed by atoms with van der Waals surface area (Å²) in [5, 5.41) is 6.18. The first-order valence-corrected chi connectivity index (χ1v) is 8.02. The molecule has 7 heteroatoms. The average Bonchev–Trinajstić information content (AvgIpc) is 2.42. The molecule has 1 aromatic carbocycles. The molecule has 120 valence electrons. The predicted octanol–water partition coefficient (Wildman–Crippen LogP) is 3.04. The van der Waals surface area contributed by atoms with Crippen LogP contribution in [0.15, 0.2) is 23.2 Å². The van der Waals surface area contributed by atoms with Crippen molar-refractivity contribution in [2.24, 2.45) is 4.99 Å². The molecule has 1 rings (SSSR count). The number of thioether (sulfide) groups is 1. The molecule has 0 atom stereocenters. The topological polar surface area (TPSA) is 36.4 Å². The van der Waals surface area contributed by atoms with Crippen LogP contribution in [0, 0.1) is 11.6 Å². The number of aliphatic imine (C=N–C) groups is 1. The van der Waals surface area contributed by atoms with Crippen LogP contribution in [0.25, 0.3) is 0 Å². The summed E-state index contributed by atoms with van der Waals surface area (Å²) in [6.45, 7) is 3.87. The summed E-state index contributed by atoms with van der Waals surface area (Å²) >= 11 is 1.72. The third-order valence-electron chi connectivity index (χ3n) is 2.64. The zero-order chi connectivity index (χ0) is 14.8. The van der Waals surface area contributed by atoms with Gasteiger partial charge in [0.05, 0.1) is 6.54 Å². The van der Waals surface area contributed by atoms with Crippen LogP contribution < -0.4 is 10.6 Å². The van der Waals surface area contributed by atoms with E-state index in [0.717, 1.165) is 12.3 Å². The monoisotopic (exact) mass is 429 g/mol. The van der Waals surface area contributed by atoms with Gasteiger partial charge in [-0.1, -0.05) is 6.07 Å². The molecule has 21 heavy (non-hydrogen) atoms. The number of nitrogens with one attached hydrogen (secondary N) is 2. The van der Waals surface area contributed by atoms with Crippen LogP contribution >= 0.6 is 35.7 Å². The minimum Gasteiger partial charge on any atom is -0.357 e. The maximum absolute atomic E-state index is 13.5. The Hall–Kier alpha value is -0.570. The van der Waals surface area contributed by atoms with E-state index in [1.54, 1.807) is 11.8 Å². The van der Waals surface area contributed by atoms with Gasteiger partial charge in [0.2, 0.25) is 0 Å². The summed E-state index contributed by atoms with van der Waals surface area (Å²) < 4.78 is 26.9. The van der Waals surface area contributed by atoms with Crippen molar-refractivity contribution in [1.29, 1.82) is 0 Å². The molecule has 0 bridgehead atoms. The molecule has 0 aliphatic carbocycles. The fourth-order valence-electron chi connectivity index (χ4n) is 1.67. The Bertz CT molecular complexity index is 424. The highest BCUT2D eigenvalue weighted by Gasteiger charge is 2.07. The van der Waals surface area contributed by atoms with E-state index in [4.69, 9.17) is 0 Å². The molecule has 0 saturated heterocycles. The Morgan fingerprint density at radius 2 is 1.90 bits per heavy atom. The van der Waals surface area contributed by atoms with E-state index in [9.17, 15) is 8.78 Å². The number of benzene rings is 1. The predicted molar refractivity (Wildman–Crippen MR) is 97.8 cm³/mol. The van der Waals surface area contributed by atoms with E-state index in [-0.39, 0.29) is 36.0 Å². The van der Waals surface area contributed by atoms with E-state index in [1.807, 2.05) is 13.2 Å². The lowest BCUT2D eigenvalue weighted by atomic mass is 10.1. The van der Waals surface area contributed by atoms with E-state index in [1.165, 1.54) is 18.2 Å². The summed E-state index contributed by atoms with van der Waals surface area (Å²) in [6.07, 6.45) is 2.31. The summed E-state index contributed by atoms with van der Waals surface area (Å²) in [4.78, 5) is 4.37. The highest BCUT2D eigenvalue weighted by atomic mass is 127. The first-order chi connectivity index (χ1) is 9.69. The summed E-state index contributed by atoms with van der Waals surface area (Å²) in [7, 11) is 0. The maximum Gasteiger partial charge on any atom is 0.191 e. The molecule has 3 nitrogen and oxygen atoms in total. The second kappa shape index (κ2) is 12.0. The van der Waals surface area contributed by atoms with Crippen molar-refractivity contribution < 1.29 is 8.78 Å². The van der Waals surface area contributed by atoms with Crippen LogP contribution in [-0.4, -0.2) is 37.6 Å². The number of guanidine groups is 1. The quantitative estimate of drug-likeness (QED) is 0.303. The van der Waals surface area contributed by atoms with Crippen molar-refractivity contribution in [1.82, 2.24) is 10.6 Å². The minimum absolute atomic E-state index is 0. The molecule has 0 aromatic heterocycles. The third-order valence-corrected chi connectivity index (χ3v) is 3.23. The molecule has 0 saturated carbocycles. The van der Waals surface area contributed by atoms with Crippen LogP contribution in [0.4, 0.5) is 8.78 Å². The van der Waals surface area contributed by atoms with Crippen molar-refractivity contribution in [3.05, 3.63) is 35.4 Å². The van der Waals surface area contributed by atoms with Gasteiger partial charge in [0, 0.05) is 24.4 Å². The SMILES string of the molecule is CCNC(=NCCSC)NCCc1c(F)cccc1F.I. The number of hydrogen-bond donors (Lipinski definition) is 2. The normalized spacial score (nSPS) is 11.0. The Labute approximate surface area is 146 Å². The largest absolute Gasteiger partial charge is 0.357 e. The highest BCUT2D eigenvalue weighted by Crippen LogP contribution is 2.11. The van der Waals surface area contributed by atoms with Gasteiger partial charge in [0.15, 0.2) is 5.96 Å². The van der Waals surface area contributed by atoms with Gasteiger partial charge in [-0.3, -0.25) is 4.99 Å². The lowest BCUT2D eigenvalue weighted by Gasteiger charge is -2.11. The van der Waals surface area contributed by atoms with Crippen molar-refractivity contribution >= 4 is 41.7 Å². The van der Waals surface area contributed by atoms with Gasteiger partial charge in [0.1, 0.15) is 11.6 Å². The average molecular weight is 429 g/mol. The molecule has 0 radical (unpaired) electrons. The van der Waals surface area contributed by atoms with Crippen molar-refractivity contribution in [3.63, 3.8) is 0 Å². The number of rotatable bonds is 7. The maximum atomic E-state index is 13.5. The van der Waals surface area contributed by atoms with Crippen LogP contribution in [0.5, 0.6) is 0 Å². The molecule has 0 aliphatic heterocycles. The first kappa shape index (κ1) is 20.4. The molecular formula is C14H22F2IN3S. The summed E-state index contributed by atoms with van der Waals surface area (Å²) in [5.41, 5.74) is 0.111. The van der Waals surface area contributed by atoms with Gasteiger partial charge in [-0.25, -0.2) is 8.78 Å². The molecule has 0 unspecified atom stereocenters. The van der Waals surface area contributed by atoms with Gasteiger partial charge in [-0.2, -0.15) is 11.8 Å². The molecule has 0 aliphatic rings. The smallest absolute Gasteiger partial charge is 0.191 e. The summed E-state index contributed by atoms with van der Waals surface area (Å²) in [6, 6.07) is 3.92. The van der Waals surface area contributed by atoms with Gasteiger partial charge in [-0.15, -0.1) is 24.0 Å². The van der Waals surface area contributed by atoms with Crippen LogP contribution in [-0.2, 0) is 6.42 Å². The molecule has 0 heterocycles. The number of nitrogens with zero attached hydrogens (tertiary/aromatic N) is 1. The van der Waals surface area contributed by atoms with Crippen LogP contribution in [0.3, 0.4) is 0 Å². The lowest BCUT2D eigenvalue weighted by molar-refractivity contribution is 0.553. The van der Waals surface area contributed by atoms with Crippen molar-refractivity contribution in [3.8, 4) is 0 Å². The van der Waals surface area contributed by atoms with Gasteiger partial charge < -0.3 is 10.6 Å². The standard InChI is InChI=1S/C14H21F2N3S.HI/c1-3-17-14(19-9-10-20-2)18-8-7-11-12(15)5-4-6-13(11)16;/h4-6H,3,7-10H2,1-2H3,(H2,17,18,19);1H. The van der Waals surface area contributed by atoms with Crippen LogP contribution in [0.2, 0.25) is 0 Å². The fourth-order valence-corrected chi connectivity index (χ4v) is 1.94. The van der Waals surface area contributed by atoms with Crippen molar-refractivity contribution in [2.75, 3.05) is 31.6 Å². The fraction of sp³-hybridized carbons (Fsp3) is 0.500. The van der Waals surface area contributed by atoms with Crippen molar-refractivity contribution in [2.45, 2.75) is 13.3 Å². The number of hydrogen-bond acceptors (Lipinski definition) is 2. The number of halogens is 3. The molecule has 1 aromatic rings. The van der Waals surface area contributed by atoms with Gasteiger partial charge >= 0.3 is 0 Å². The minimum atomic E-state index is -0.504. The zero-order valence-corrected chi connectivity index (χ0v) is 15.4. The molecular weight excluding hydrogens is 407 g/mol. The van der Waals surface area contributed by atoms with Gasteiger partial charge in [0.25, 0.3) is 0 Å². The molecule has 2 N–H and O–H groups in total. The Morgan fingerprint density at radius 3 is 2.48 bits per heavy atom. The highest BCUT2D eigenvalue weighted by molar-refractivity contribution is 14.0. The Balaban J connectivity index is 0.00000400. The van der Waals surface area contributed by atoms with E-state index in [0.29, 0.717) is 19.0 Å². The lowest BCUT2D eigenvalue weighted by Crippen LogP contribution is -2.38. The Kier molecular flexibility index (Phi) is 11.7. The van der Waals surface area contributed by atoms with Crippen LogP contribution in [0.1, 0.15) is 12.5 Å². The molecule has 0 amide bonds. The van der Waals surface area contributed by atoms with E-state index >= 15 is 0 Å². The Morgan fingerprint density at radius 1 is 1.24 bits per heavy atom.